The number of amides is 1. The number of piperidine rings is 1. The van der Waals surface area contributed by atoms with Crippen LogP contribution in [0.4, 0.5) is 0 Å². The van der Waals surface area contributed by atoms with Crippen molar-refractivity contribution in [3.63, 3.8) is 0 Å². The SMILES string of the molecule is CCNC(=NCc1cc(Cl)c2c(c1)OCCO2)N1CCC(CC(=O)NC)CC1.I. The van der Waals surface area contributed by atoms with Gasteiger partial charge < -0.3 is 25.0 Å². The van der Waals surface area contributed by atoms with Gasteiger partial charge in [0.25, 0.3) is 0 Å². The molecule has 2 N–H and O–H groups in total. The first-order chi connectivity index (χ1) is 13.6. The number of hydrogen-bond acceptors (Lipinski definition) is 4. The highest BCUT2D eigenvalue weighted by Crippen LogP contribution is 2.38. The van der Waals surface area contributed by atoms with Gasteiger partial charge >= 0.3 is 0 Å². The zero-order valence-corrected chi connectivity index (χ0v) is 20.1. The molecule has 0 unspecified atom stereocenters. The van der Waals surface area contributed by atoms with E-state index in [4.69, 9.17) is 26.1 Å². The van der Waals surface area contributed by atoms with E-state index in [1.807, 2.05) is 12.1 Å². The van der Waals surface area contributed by atoms with Crippen molar-refractivity contribution in [3.05, 3.63) is 22.7 Å². The Kier molecular flexibility index (Phi) is 9.61. The number of guanidine groups is 1. The number of fused-ring (bicyclic) bond motifs is 1. The second kappa shape index (κ2) is 11.7. The number of hydrogen-bond donors (Lipinski definition) is 2. The molecular formula is C20H30ClIN4O3. The van der Waals surface area contributed by atoms with E-state index in [2.05, 4.69) is 22.5 Å². The standard InChI is InChI=1S/C20H29ClN4O3.HI/c1-3-23-20(25-6-4-14(5-7-25)12-18(26)22-2)24-13-15-10-16(21)19-17(11-15)27-8-9-28-19;/h10-11,14H,3-9,12-13H2,1-2H3,(H,22,26)(H,23,24);1H. The predicted molar refractivity (Wildman–Crippen MR) is 126 cm³/mol. The maximum Gasteiger partial charge on any atom is 0.220 e. The van der Waals surface area contributed by atoms with Crippen LogP contribution in [0.2, 0.25) is 5.02 Å². The summed E-state index contributed by atoms with van der Waals surface area (Å²) in [5.41, 5.74) is 0.985. The van der Waals surface area contributed by atoms with Crippen molar-refractivity contribution in [1.29, 1.82) is 0 Å². The Balaban J connectivity index is 0.00000300. The van der Waals surface area contributed by atoms with E-state index in [1.165, 1.54) is 0 Å². The molecule has 2 aliphatic heterocycles. The Morgan fingerprint density at radius 2 is 2.00 bits per heavy atom. The van der Waals surface area contributed by atoms with Gasteiger partial charge in [0.1, 0.15) is 13.2 Å². The molecule has 162 valence electrons. The van der Waals surface area contributed by atoms with Crippen molar-refractivity contribution in [1.82, 2.24) is 15.5 Å². The molecule has 29 heavy (non-hydrogen) atoms. The number of carbonyl (C=O) groups is 1. The number of likely N-dealkylation sites (tertiary alicyclic amines) is 1. The molecule has 0 aliphatic carbocycles. The topological polar surface area (TPSA) is 75.2 Å². The van der Waals surface area contributed by atoms with Crippen LogP contribution in [0.15, 0.2) is 17.1 Å². The minimum Gasteiger partial charge on any atom is -0.486 e. The smallest absolute Gasteiger partial charge is 0.220 e. The third-order valence-electron chi connectivity index (χ3n) is 5.07. The maximum atomic E-state index is 11.6. The Labute approximate surface area is 194 Å². The van der Waals surface area contributed by atoms with Gasteiger partial charge in [-0.15, -0.1) is 24.0 Å². The molecule has 1 aromatic carbocycles. The number of ether oxygens (including phenoxy) is 2. The molecule has 0 saturated carbocycles. The van der Waals surface area contributed by atoms with Gasteiger partial charge in [0.15, 0.2) is 17.5 Å². The first kappa shape index (κ1) is 23.9. The summed E-state index contributed by atoms with van der Waals surface area (Å²) in [6.45, 7) is 6.23. The monoisotopic (exact) mass is 536 g/mol. The van der Waals surface area contributed by atoms with E-state index < -0.39 is 0 Å². The summed E-state index contributed by atoms with van der Waals surface area (Å²) in [6.07, 6.45) is 2.59. The first-order valence-electron chi connectivity index (χ1n) is 9.92. The molecule has 0 bridgehead atoms. The average molecular weight is 537 g/mol. The molecule has 0 atom stereocenters. The van der Waals surface area contributed by atoms with Crippen LogP contribution in [0.5, 0.6) is 11.5 Å². The number of nitrogens with zero attached hydrogens (tertiary/aromatic N) is 2. The molecule has 7 nitrogen and oxygen atoms in total. The fourth-order valence-corrected chi connectivity index (χ4v) is 3.85. The molecule has 0 aromatic heterocycles. The number of halogens is 2. The van der Waals surface area contributed by atoms with E-state index in [0.29, 0.717) is 48.6 Å². The third-order valence-corrected chi connectivity index (χ3v) is 5.35. The Morgan fingerprint density at radius 3 is 2.69 bits per heavy atom. The molecule has 1 aromatic rings. The van der Waals surface area contributed by atoms with Crippen LogP contribution in [-0.4, -0.2) is 56.7 Å². The van der Waals surface area contributed by atoms with Crippen molar-refractivity contribution in [2.24, 2.45) is 10.9 Å². The molecule has 0 radical (unpaired) electrons. The van der Waals surface area contributed by atoms with Crippen LogP contribution in [0.25, 0.3) is 0 Å². The van der Waals surface area contributed by atoms with E-state index >= 15 is 0 Å². The Bertz CT molecular complexity index is 724. The van der Waals surface area contributed by atoms with Crippen molar-refractivity contribution >= 4 is 47.4 Å². The van der Waals surface area contributed by atoms with Crippen LogP contribution in [0.3, 0.4) is 0 Å². The average Bonchev–Trinajstić information content (AvgIpc) is 2.72. The third kappa shape index (κ3) is 6.53. The fourth-order valence-electron chi connectivity index (χ4n) is 3.56. The Morgan fingerprint density at radius 1 is 1.28 bits per heavy atom. The van der Waals surface area contributed by atoms with Gasteiger partial charge in [0.05, 0.1) is 11.6 Å². The second-order valence-corrected chi connectivity index (χ2v) is 7.49. The van der Waals surface area contributed by atoms with E-state index in [9.17, 15) is 4.79 Å². The van der Waals surface area contributed by atoms with Gasteiger partial charge in [-0.25, -0.2) is 4.99 Å². The van der Waals surface area contributed by atoms with Crippen molar-refractivity contribution < 1.29 is 14.3 Å². The summed E-state index contributed by atoms with van der Waals surface area (Å²) in [4.78, 5) is 18.7. The van der Waals surface area contributed by atoms with Crippen LogP contribution in [0, 0.1) is 5.92 Å². The van der Waals surface area contributed by atoms with E-state index in [1.54, 1.807) is 7.05 Å². The second-order valence-electron chi connectivity index (χ2n) is 7.08. The van der Waals surface area contributed by atoms with Gasteiger partial charge in [-0.2, -0.15) is 0 Å². The number of nitrogens with one attached hydrogen (secondary N) is 2. The number of carbonyl (C=O) groups excluding carboxylic acids is 1. The highest BCUT2D eigenvalue weighted by atomic mass is 127. The minimum absolute atomic E-state index is 0. The molecule has 9 heteroatoms. The van der Waals surface area contributed by atoms with Crippen LogP contribution in [0.1, 0.15) is 31.7 Å². The largest absolute Gasteiger partial charge is 0.486 e. The minimum atomic E-state index is 0. The lowest BCUT2D eigenvalue weighted by Gasteiger charge is -2.34. The number of benzene rings is 1. The van der Waals surface area contributed by atoms with Crippen molar-refractivity contribution in [2.45, 2.75) is 32.7 Å². The molecule has 1 saturated heterocycles. The fraction of sp³-hybridized carbons (Fsp3) is 0.600. The zero-order valence-electron chi connectivity index (χ0n) is 17.0. The zero-order chi connectivity index (χ0) is 19.9. The molecule has 0 spiro atoms. The summed E-state index contributed by atoms with van der Waals surface area (Å²) >= 11 is 6.33. The van der Waals surface area contributed by atoms with Crippen LogP contribution >= 0.6 is 35.6 Å². The summed E-state index contributed by atoms with van der Waals surface area (Å²) < 4.78 is 11.2. The lowest BCUT2D eigenvalue weighted by molar-refractivity contribution is -0.121. The summed E-state index contributed by atoms with van der Waals surface area (Å²) in [5.74, 6) is 2.76. The van der Waals surface area contributed by atoms with Gasteiger partial charge in [-0.3, -0.25) is 4.79 Å². The van der Waals surface area contributed by atoms with Gasteiger partial charge in [0, 0.05) is 33.1 Å². The van der Waals surface area contributed by atoms with Crippen molar-refractivity contribution in [2.75, 3.05) is 39.9 Å². The highest BCUT2D eigenvalue weighted by Gasteiger charge is 2.23. The van der Waals surface area contributed by atoms with E-state index in [0.717, 1.165) is 44.0 Å². The first-order valence-corrected chi connectivity index (χ1v) is 10.3. The normalized spacial score (nSPS) is 16.8. The number of aliphatic imine (C=N–C) groups is 1. The summed E-state index contributed by atoms with van der Waals surface area (Å²) in [5, 5.41) is 6.64. The molecule has 3 rings (SSSR count). The van der Waals surface area contributed by atoms with Gasteiger partial charge in [0.2, 0.25) is 5.91 Å². The molecule has 1 fully saturated rings. The van der Waals surface area contributed by atoms with Gasteiger partial charge in [-0.05, 0) is 43.4 Å². The molecule has 1 amide bonds. The van der Waals surface area contributed by atoms with Crippen molar-refractivity contribution in [3.8, 4) is 11.5 Å². The lowest BCUT2D eigenvalue weighted by Crippen LogP contribution is -2.46. The summed E-state index contributed by atoms with van der Waals surface area (Å²) in [6, 6.07) is 3.83. The number of rotatable bonds is 5. The lowest BCUT2D eigenvalue weighted by atomic mass is 9.93. The molecular weight excluding hydrogens is 507 g/mol. The molecule has 2 aliphatic rings. The van der Waals surface area contributed by atoms with Crippen LogP contribution < -0.4 is 20.1 Å². The molecule has 2 heterocycles. The van der Waals surface area contributed by atoms with E-state index in [-0.39, 0.29) is 29.9 Å². The maximum absolute atomic E-state index is 11.6. The van der Waals surface area contributed by atoms with Gasteiger partial charge in [-0.1, -0.05) is 11.6 Å². The highest BCUT2D eigenvalue weighted by molar-refractivity contribution is 14.0. The Hall–Kier alpha value is -1.42. The predicted octanol–water partition coefficient (Wildman–Crippen LogP) is 3.04. The quantitative estimate of drug-likeness (QED) is 0.344. The summed E-state index contributed by atoms with van der Waals surface area (Å²) in [7, 11) is 1.69. The van der Waals surface area contributed by atoms with Crippen LogP contribution in [-0.2, 0) is 11.3 Å².